The lowest BCUT2D eigenvalue weighted by Crippen LogP contribution is -2.52. The third-order valence-corrected chi connectivity index (χ3v) is 6.87. The van der Waals surface area contributed by atoms with Gasteiger partial charge in [-0.25, -0.2) is 4.39 Å². The van der Waals surface area contributed by atoms with E-state index in [0.29, 0.717) is 0 Å². The van der Waals surface area contributed by atoms with Crippen LogP contribution in [0, 0.1) is 5.82 Å². The molecule has 0 radical (unpaired) electrons. The van der Waals surface area contributed by atoms with Crippen molar-refractivity contribution >= 4 is 5.57 Å². The Balaban J connectivity index is 1.64. The van der Waals surface area contributed by atoms with Gasteiger partial charge in [-0.3, -0.25) is 0 Å². The summed E-state index contributed by atoms with van der Waals surface area (Å²) in [5.41, 5.74) is 6.15. The fraction of sp³-hybridized carbons (Fsp3) is 0.133. The van der Waals surface area contributed by atoms with Crippen LogP contribution in [0.5, 0.6) is 11.5 Å². The highest BCUT2D eigenvalue weighted by Crippen LogP contribution is 2.65. The number of methoxy groups -OCH3 is 1. The van der Waals surface area contributed by atoms with Crippen LogP contribution in [0.4, 0.5) is 4.39 Å². The molecule has 33 heavy (non-hydrogen) atoms. The van der Waals surface area contributed by atoms with Crippen LogP contribution in [0.3, 0.4) is 0 Å². The highest BCUT2D eigenvalue weighted by Gasteiger charge is 2.58. The van der Waals surface area contributed by atoms with Gasteiger partial charge >= 0.3 is 0 Å². The molecule has 4 aromatic rings. The number of halogens is 1. The van der Waals surface area contributed by atoms with Gasteiger partial charge in [0.15, 0.2) is 5.60 Å². The minimum absolute atomic E-state index is 0.234. The first kappa shape index (κ1) is 19.8. The van der Waals surface area contributed by atoms with Gasteiger partial charge in [-0.2, -0.15) is 0 Å². The van der Waals surface area contributed by atoms with E-state index < -0.39 is 5.60 Å². The first-order chi connectivity index (χ1) is 16.2. The molecule has 7 rings (SSSR count). The summed E-state index contributed by atoms with van der Waals surface area (Å²) in [6, 6.07) is 33.6. The van der Waals surface area contributed by atoms with Crippen LogP contribution in [0.2, 0.25) is 0 Å². The number of hydrogen-bond acceptors (Lipinski definition) is 2. The molecule has 2 nitrogen and oxygen atoms in total. The molecule has 2 atom stereocenters. The van der Waals surface area contributed by atoms with E-state index >= 15 is 0 Å². The van der Waals surface area contributed by atoms with E-state index in [1.54, 1.807) is 7.11 Å². The molecule has 2 aliphatic heterocycles. The molecular weight excluding hydrogens is 411 g/mol. The predicted octanol–water partition coefficient (Wildman–Crippen LogP) is 7.11. The van der Waals surface area contributed by atoms with Gasteiger partial charge < -0.3 is 9.47 Å². The first-order valence-corrected chi connectivity index (χ1v) is 11.2. The van der Waals surface area contributed by atoms with Crippen molar-refractivity contribution in [2.24, 2.45) is 0 Å². The van der Waals surface area contributed by atoms with Gasteiger partial charge in [0, 0.05) is 17.9 Å². The van der Waals surface area contributed by atoms with E-state index in [2.05, 4.69) is 42.5 Å². The number of rotatable bonds is 4. The van der Waals surface area contributed by atoms with Gasteiger partial charge in [-0.15, -0.1) is 0 Å². The highest BCUT2D eigenvalue weighted by atomic mass is 19.1. The lowest BCUT2D eigenvalue weighted by molar-refractivity contribution is 0.0144. The molecule has 4 aromatic carbocycles. The lowest BCUT2D eigenvalue weighted by Gasteiger charge is -2.56. The molecule has 0 N–H and O–H groups in total. The Hall–Kier alpha value is -3.85. The van der Waals surface area contributed by atoms with Crippen molar-refractivity contribution in [3.8, 4) is 11.5 Å². The van der Waals surface area contributed by atoms with Gasteiger partial charge in [0.2, 0.25) is 0 Å². The summed E-state index contributed by atoms with van der Waals surface area (Å²) in [5, 5.41) is 0. The Morgan fingerprint density at radius 2 is 1.48 bits per heavy atom. The fourth-order valence-corrected chi connectivity index (χ4v) is 5.33. The van der Waals surface area contributed by atoms with Gasteiger partial charge in [-0.05, 0) is 58.2 Å². The molecule has 0 saturated heterocycles. The summed E-state index contributed by atoms with van der Waals surface area (Å²) in [5.74, 6) is 1.74. The zero-order valence-electron chi connectivity index (χ0n) is 18.3. The SMILES string of the molecule is COc1ccc(C23CC(/C2=C(\c2ccccc2)c2ccc(F)cc2)c2ccccc2O3)cc1. The summed E-state index contributed by atoms with van der Waals surface area (Å²) in [6.07, 6.45) is 0.864. The Kier molecular flexibility index (Phi) is 4.58. The number of benzene rings is 4. The number of hydrogen-bond donors (Lipinski definition) is 0. The quantitative estimate of drug-likeness (QED) is 0.341. The third-order valence-electron chi connectivity index (χ3n) is 6.87. The highest BCUT2D eigenvalue weighted by molar-refractivity contribution is 5.87. The molecule has 2 heterocycles. The standard InChI is InChI=1S/C30H23FO2/c1-32-24-17-13-22(14-18-24)30-19-26(25-9-5-6-10-27(25)33-30)29(30)28(20-7-3-2-4-8-20)21-11-15-23(31)16-12-21/h2-18,26H,19H2,1H3/b29-28-. The Bertz CT molecular complexity index is 1340. The van der Waals surface area contributed by atoms with Gasteiger partial charge in [0.1, 0.15) is 17.3 Å². The van der Waals surface area contributed by atoms with Crippen molar-refractivity contribution in [2.75, 3.05) is 7.11 Å². The van der Waals surface area contributed by atoms with Crippen molar-refractivity contribution in [1.29, 1.82) is 0 Å². The van der Waals surface area contributed by atoms with E-state index in [0.717, 1.165) is 40.2 Å². The minimum atomic E-state index is -0.579. The normalized spacial score (nSPS) is 21.9. The first-order valence-electron chi connectivity index (χ1n) is 11.2. The summed E-state index contributed by atoms with van der Waals surface area (Å²) in [4.78, 5) is 0. The summed E-state index contributed by atoms with van der Waals surface area (Å²) in [7, 11) is 1.67. The van der Waals surface area contributed by atoms with Crippen molar-refractivity contribution in [1.82, 2.24) is 0 Å². The average Bonchev–Trinajstić information content (AvgIpc) is 2.87. The molecule has 0 amide bonds. The van der Waals surface area contributed by atoms with Crippen LogP contribution in [0.25, 0.3) is 5.57 Å². The van der Waals surface area contributed by atoms with E-state index in [9.17, 15) is 4.39 Å². The molecule has 2 bridgehead atoms. The zero-order valence-corrected chi connectivity index (χ0v) is 18.3. The zero-order chi connectivity index (χ0) is 22.4. The van der Waals surface area contributed by atoms with Crippen molar-refractivity contribution in [2.45, 2.75) is 17.9 Å². The third kappa shape index (κ3) is 3.07. The molecule has 1 aliphatic carbocycles. The van der Waals surface area contributed by atoms with Crippen LogP contribution in [-0.2, 0) is 5.60 Å². The molecule has 0 aromatic heterocycles. The van der Waals surface area contributed by atoms with Gasteiger partial charge in [0.25, 0.3) is 0 Å². The van der Waals surface area contributed by atoms with E-state index in [4.69, 9.17) is 9.47 Å². The summed E-state index contributed by atoms with van der Waals surface area (Å²) in [6.45, 7) is 0. The lowest BCUT2D eigenvalue weighted by atomic mass is 9.56. The largest absolute Gasteiger partial charge is 0.497 e. The maximum Gasteiger partial charge on any atom is 0.157 e. The van der Waals surface area contributed by atoms with E-state index in [-0.39, 0.29) is 11.7 Å². The number of para-hydroxylation sites is 1. The Morgan fingerprint density at radius 3 is 2.21 bits per heavy atom. The molecule has 3 aliphatic rings. The topological polar surface area (TPSA) is 18.5 Å². The average molecular weight is 435 g/mol. The second-order valence-corrected chi connectivity index (χ2v) is 8.61. The Labute approximate surface area is 192 Å². The molecule has 1 saturated carbocycles. The Morgan fingerprint density at radius 1 is 0.818 bits per heavy atom. The second-order valence-electron chi connectivity index (χ2n) is 8.61. The summed E-state index contributed by atoms with van der Waals surface area (Å²) >= 11 is 0. The van der Waals surface area contributed by atoms with Crippen LogP contribution >= 0.6 is 0 Å². The van der Waals surface area contributed by atoms with E-state index in [1.165, 1.54) is 23.3 Å². The number of ether oxygens (including phenoxy) is 2. The van der Waals surface area contributed by atoms with Gasteiger partial charge in [0.05, 0.1) is 7.11 Å². The van der Waals surface area contributed by atoms with Crippen LogP contribution in [0.1, 0.15) is 34.6 Å². The molecule has 2 unspecified atom stereocenters. The van der Waals surface area contributed by atoms with E-state index in [1.807, 2.05) is 48.5 Å². The van der Waals surface area contributed by atoms with Crippen molar-refractivity contribution in [3.63, 3.8) is 0 Å². The molecular formula is C30H23FO2. The predicted molar refractivity (Wildman–Crippen MR) is 128 cm³/mol. The maximum absolute atomic E-state index is 13.8. The monoisotopic (exact) mass is 434 g/mol. The molecule has 3 heteroatoms. The van der Waals surface area contributed by atoms with Crippen molar-refractivity contribution in [3.05, 3.63) is 137 Å². The second kappa shape index (κ2) is 7.63. The molecule has 1 fully saturated rings. The summed E-state index contributed by atoms with van der Waals surface area (Å²) < 4.78 is 26.1. The fourth-order valence-electron chi connectivity index (χ4n) is 5.33. The van der Waals surface area contributed by atoms with Crippen LogP contribution in [0.15, 0.2) is 109 Å². The van der Waals surface area contributed by atoms with Crippen LogP contribution in [-0.4, -0.2) is 7.11 Å². The van der Waals surface area contributed by atoms with Gasteiger partial charge in [-0.1, -0.05) is 72.8 Å². The smallest absolute Gasteiger partial charge is 0.157 e. The molecule has 162 valence electrons. The van der Waals surface area contributed by atoms with Crippen molar-refractivity contribution < 1.29 is 13.9 Å². The minimum Gasteiger partial charge on any atom is -0.497 e. The maximum atomic E-state index is 13.8. The van der Waals surface area contributed by atoms with Crippen LogP contribution < -0.4 is 9.47 Å². The molecule has 0 spiro atoms.